The van der Waals surface area contributed by atoms with Crippen LogP contribution in [0, 0.1) is 18.3 Å². The molecule has 1 aromatic heterocycles. The van der Waals surface area contributed by atoms with E-state index in [0.717, 1.165) is 36.4 Å². The molecule has 0 amide bonds. The number of hydrogen-bond donors (Lipinski definition) is 0. The van der Waals surface area contributed by atoms with Crippen LogP contribution in [0.2, 0.25) is 0 Å². The van der Waals surface area contributed by atoms with Crippen LogP contribution in [0.1, 0.15) is 47.7 Å². The summed E-state index contributed by atoms with van der Waals surface area (Å²) < 4.78 is 5.46. The molecule has 0 radical (unpaired) electrons. The van der Waals surface area contributed by atoms with Crippen molar-refractivity contribution in [2.24, 2.45) is 0 Å². The molecule has 1 fully saturated rings. The predicted molar refractivity (Wildman–Crippen MR) is 73.2 cm³/mol. The van der Waals surface area contributed by atoms with E-state index < -0.39 is 5.92 Å². The second kappa shape index (κ2) is 6.27. The molecule has 102 valence electrons. The van der Waals surface area contributed by atoms with Crippen LogP contribution in [-0.4, -0.2) is 23.5 Å². The summed E-state index contributed by atoms with van der Waals surface area (Å²) in [6.45, 7) is 4.74. The van der Waals surface area contributed by atoms with Gasteiger partial charge in [0.25, 0.3) is 0 Å². The van der Waals surface area contributed by atoms with E-state index in [2.05, 4.69) is 11.1 Å². The van der Waals surface area contributed by atoms with Gasteiger partial charge in [-0.1, -0.05) is 6.92 Å². The lowest BCUT2D eigenvalue weighted by atomic mass is 10.00. The number of ether oxygens (including phenoxy) is 1. The Labute approximate surface area is 117 Å². The van der Waals surface area contributed by atoms with Gasteiger partial charge in [0.15, 0.2) is 11.7 Å². The molecule has 5 heteroatoms. The Morgan fingerprint density at radius 3 is 3.00 bits per heavy atom. The third kappa shape index (κ3) is 3.20. The predicted octanol–water partition coefficient (Wildman–Crippen LogP) is 2.76. The maximum atomic E-state index is 12.2. The van der Waals surface area contributed by atoms with Gasteiger partial charge in [-0.3, -0.25) is 4.79 Å². The van der Waals surface area contributed by atoms with Gasteiger partial charge in [0.1, 0.15) is 5.01 Å². The lowest BCUT2D eigenvalue weighted by Gasteiger charge is -2.10. The van der Waals surface area contributed by atoms with Gasteiger partial charge in [-0.2, -0.15) is 5.26 Å². The highest BCUT2D eigenvalue weighted by atomic mass is 32.1. The first kappa shape index (κ1) is 14.2. The van der Waals surface area contributed by atoms with Crippen LogP contribution >= 0.6 is 11.3 Å². The Bertz CT molecular complexity index is 498. The average molecular weight is 278 g/mol. The highest BCUT2D eigenvalue weighted by Gasteiger charge is 2.28. The zero-order chi connectivity index (χ0) is 13.8. The molecule has 0 saturated carbocycles. The van der Waals surface area contributed by atoms with Crippen molar-refractivity contribution in [2.75, 3.05) is 6.61 Å². The fourth-order valence-corrected chi connectivity index (χ4v) is 3.39. The Balaban J connectivity index is 2.09. The molecule has 0 bridgehead atoms. The zero-order valence-electron chi connectivity index (χ0n) is 11.3. The second-order valence-corrected chi connectivity index (χ2v) is 6.01. The van der Waals surface area contributed by atoms with Crippen LogP contribution in [0.15, 0.2) is 0 Å². The van der Waals surface area contributed by atoms with Crippen molar-refractivity contribution >= 4 is 17.1 Å². The Kier molecular flexibility index (Phi) is 4.67. The van der Waals surface area contributed by atoms with Gasteiger partial charge < -0.3 is 4.74 Å². The summed E-state index contributed by atoms with van der Waals surface area (Å²) in [5.41, 5.74) is 0.991. The minimum atomic E-state index is -0.729. The van der Waals surface area contributed by atoms with Gasteiger partial charge in [0.2, 0.25) is 0 Å². The lowest BCUT2D eigenvalue weighted by Crippen LogP contribution is -2.18. The standard InChI is InChI=1S/C14H18N2O2S/c1-3-12-9(2)19-14(16-12)11(8-15)13(17)7-10-5-4-6-18-10/h10-11H,3-7H2,1-2H3/t10-,11-/m1/s1. The smallest absolute Gasteiger partial charge is 0.159 e. The van der Waals surface area contributed by atoms with Crippen molar-refractivity contribution < 1.29 is 9.53 Å². The molecule has 0 N–H and O–H groups in total. The first-order valence-electron chi connectivity index (χ1n) is 6.65. The maximum Gasteiger partial charge on any atom is 0.159 e. The number of rotatable bonds is 5. The van der Waals surface area contributed by atoms with E-state index in [9.17, 15) is 10.1 Å². The summed E-state index contributed by atoms with van der Waals surface area (Å²) in [7, 11) is 0. The molecule has 1 aliphatic heterocycles. The molecule has 0 unspecified atom stereocenters. The molecule has 1 aromatic rings. The maximum absolute atomic E-state index is 12.2. The zero-order valence-corrected chi connectivity index (χ0v) is 12.1. The number of Topliss-reactive ketones (excluding diaryl/α,β-unsaturated/α-hetero) is 1. The normalized spacial score (nSPS) is 20.2. The molecule has 0 spiro atoms. The van der Waals surface area contributed by atoms with E-state index in [1.807, 2.05) is 13.8 Å². The van der Waals surface area contributed by atoms with Crippen molar-refractivity contribution in [3.63, 3.8) is 0 Å². The third-order valence-electron chi connectivity index (χ3n) is 3.39. The summed E-state index contributed by atoms with van der Waals surface area (Å²) in [4.78, 5) is 17.7. The molecular weight excluding hydrogens is 260 g/mol. The Morgan fingerprint density at radius 2 is 2.47 bits per heavy atom. The van der Waals surface area contributed by atoms with Crippen molar-refractivity contribution in [3.05, 3.63) is 15.6 Å². The second-order valence-electron chi connectivity index (χ2n) is 4.78. The number of aryl methyl sites for hydroxylation is 2. The largest absolute Gasteiger partial charge is 0.378 e. The lowest BCUT2D eigenvalue weighted by molar-refractivity contribution is -0.121. The molecule has 2 heterocycles. The van der Waals surface area contributed by atoms with Crippen LogP contribution < -0.4 is 0 Å². The number of thiazole rings is 1. The van der Waals surface area contributed by atoms with Gasteiger partial charge in [-0.25, -0.2) is 4.98 Å². The van der Waals surface area contributed by atoms with Crippen molar-refractivity contribution in [1.82, 2.24) is 4.98 Å². The molecule has 0 aliphatic carbocycles. The monoisotopic (exact) mass is 278 g/mol. The summed E-state index contributed by atoms with van der Waals surface area (Å²) in [6, 6.07) is 2.10. The van der Waals surface area contributed by atoms with Crippen molar-refractivity contribution in [1.29, 1.82) is 5.26 Å². The fourth-order valence-electron chi connectivity index (χ4n) is 2.31. The molecule has 2 atom stereocenters. The topological polar surface area (TPSA) is 63.0 Å². The van der Waals surface area contributed by atoms with Gasteiger partial charge in [-0.05, 0) is 26.2 Å². The highest BCUT2D eigenvalue weighted by Crippen LogP contribution is 2.28. The SMILES string of the molecule is CCc1nc([C@H](C#N)C(=O)C[C@H]2CCCO2)sc1C. The number of ketones is 1. The number of nitrogens with zero attached hydrogens (tertiary/aromatic N) is 2. The van der Waals surface area contributed by atoms with Crippen molar-refractivity contribution in [3.8, 4) is 6.07 Å². The molecule has 2 rings (SSSR count). The number of carbonyl (C=O) groups is 1. The van der Waals surface area contributed by atoms with Crippen molar-refractivity contribution in [2.45, 2.75) is 51.6 Å². The van der Waals surface area contributed by atoms with Crippen LogP contribution in [0.4, 0.5) is 0 Å². The van der Waals surface area contributed by atoms with Gasteiger partial charge >= 0.3 is 0 Å². The van der Waals surface area contributed by atoms with Crippen LogP contribution in [0.5, 0.6) is 0 Å². The van der Waals surface area contributed by atoms with Crippen LogP contribution in [-0.2, 0) is 16.0 Å². The van der Waals surface area contributed by atoms with E-state index in [4.69, 9.17) is 4.74 Å². The van der Waals surface area contributed by atoms with Crippen LogP contribution in [0.25, 0.3) is 0 Å². The fraction of sp³-hybridized carbons (Fsp3) is 0.643. The number of aromatic nitrogens is 1. The summed E-state index contributed by atoms with van der Waals surface area (Å²) in [6.07, 6.45) is 3.08. The minimum Gasteiger partial charge on any atom is -0.378 e. The van der Waals surface area contributed by atoms with Crippen LogP contribution in [0.3, 0.4) is 0 Å². The van der Waals surface area contributed by atoms with E-state index in [1.165, 1.54) is 11.3 Å². The van der Waals surface area contributed by atoms with Gasteiger partial charge in [0, 0.05) is 17.9 Å². The molecule has 0 aromatic carbocycles. The first-order valence-corrected chi connectivity index (χ1v) is 7.47. The summed E-state index contributed by atoms with van der Waals surface area (Å²) in [5, 5.41) is 9.89. The van der Waals surface area contributed by atoms with E-state index in [1.54, 1.807) is 0 Å². The Hall–Kier alpha value is -1.25. The molecular formula is C14H18N2O2S. The Morgan fingerprint density at radius 1 is 1.68 bits per heavy atom. The summed E-state index contributed by atoms with van der Waals surface area (Å²) >= 11 is 1.46. The minimum absolute atomic E-state index is 0.00458. The van der Waals surface area contributed by atoms with E-state index in [0.29, 0.717) is 11.4 Å². The van der Waals surface area contributed by atoms with E-state index in [-0.39, 0.29) is 11.9 Å². The number of hydrogen-bond acceptors (Lipinski definition) is 5. The third-order valence-corrected chi connectivity index (χ3v) is 4.47. The highest BCUT2D eigenvalue weighted by molar-refractivity contribution is 7.11. The van der Waals surface area contributed by atoms with E-state index >= 15 is 0 Å². The number of carbonyl (C=O) groups excluding carboxylic acids is 1. The van der Waals surface area contributed by atoms with Gasteiger partial charge in [0.05, 0.1) is 17.9 Å². The molecule has 19 heavy (non-hydrogen) atoms. The number of nitriles is 1. The molecule has 4 nitrogen and oxygen atoms in total. The quantitative estimate of drug-likeness (QED) is 0.830. The van der Waals surface area contributed by atoms with Gasteiger partial charge in [-0.15, -0.1) is 11.3 Å². The molecule has 1 aliphatic rings. The average Bonchev–Trinajstić information content (AvgIpc) is 3.00. The molecule has 1 saturated heterocycles. The first-order chi connectivity index (χ1) is 9.15. The summed E-state index contributed by atoms with van der Waals surface area (Å²) in [5.74, 6) is -0.793.